The topological polar surface area (TPSA) is 33.1 Å². The minimum Gasteiger partial charge on any atom is -0.508 e. The Labute approximate surface area is 132 Å². The highest BCUT2D eigenvalue weighted by atomic mass is 35.5. The first-order chi connectivity index (χ1) is 9.77. The lowest BCUT2D eigenvalue weighted by Gasteiger charge is -2.10. The summed E-state index contributed by atoms with van der Waals surface area (Å²) in [4.78, 5) is 4.07. The van der Waals surface area contributed by atoms with E-state index in [1.807, 2.05) is 0 Å². The van der Waals surface area contributed by atoms with Crippen LogP contribution < -0.4 is 0 Å². The van der Waals surface area contributed by atoms with Crippen LogP contribution in [0.4, 0.5) is 13.2 Å². The second kappa shape index (κ2) is 6.34. The van der Waals surface area contributed by atoms with Gasteiger partial charge in [-0.05, 0) is 18.2 Å². The first-order valence-electron chi connectivity index (χ1n) is 5.59. The molecule has 0 aliphatic heterocycles. The van der Waals surface area contributed by atoms with Crippen LogP contribution in [0.15, 0.2) is 35.5 Å². The van der Waals surface area contributed by atoms with Crippen LogP contribution in [0.1, 0.15) is 11.1 Å². The largest absolute Gasteiger partial charge is 0.508 e. The molecule has 0 saturated carbocycles. The summed E-state index contributed by atoms with van der Waals surface area (Å²) in [7, 11) is 0. The van der Waals surface area contributed by atoms with E-state index >= 15 is 0 Å². The van der Waals surface area contributed by atoms with Crippen LogP contribution in [0.2, 0.25) is 10.0 Å². The van der Waals surface area contributed by atoms with Gasteiger partial charge in [-0.15, -0.1) is 11.8 Å². The number of aromatic nitrogens is 1. The van der Waals surface area contributed by atoms with Gasteiger partial charge in [0.05, 0.1) is 15.6 Å². The summed E-state index contributed by atoms with van der Waals surface area (Å²) in [6.45, 7) is 0. The molecule has 0 unspecified atom stereocenters. The third-order valence-electron chi connectivity index (χ3n) is 2.55. The Morgan fingerprint density at radius 1 is 1.10 bits per heavy atom. The lowest BCUT2D eigenvalue weighted by atomic mass is 10.2. The van der Waals surface area contributed by atoms with Gasteiger partial charge in [-0.25, -0.2) is 0 Å². The summed E-state index contributed by atoms with van der Waals surface area (Å²) in [6.07, 6.45) is -1.69. The van der Waals surface area contributed by atoms with E-state index in [1.165, 1.54) is 18.5 Å². The third kappa shape index (κ3) is 4.18. The van der Waals surface area contributed by atoms with Crippen molar-refractivity contribution in [3.8, 4) is 5.75 Å². The molecule has 0 atom stereocenters. The van der Waals surface area contributed by atoms with Gasteiger partial charge in [-0.1, -0.05) is 23.2 Å². The summed E-state index contributed by atoms with van der Waals surface area (Å²) in [5.74, 6) is -0.180. The molecule has 2 rings (SSSR count). The van der Waals surface area contributed by atoms with E-state index in [9.17, 15) is 18.3 Å². The Hall–Kier alpha value is -1.11. The van der Waals surface area contributed by atoms with Crippen molar-refractivity contribution in [2.24, 2.45) is 0 Å². The van der Waals surface area contributed by atoms with Crippen molar-refractivity contribution in [3.63, 3.8) is 0 Å². The number of alkyl halides is 3. The van der Waals surface area contributed by atoms with Crippen molar-refractivity contribution < 1.29 is 18.3 Å². The second-order valence-electron chi connectivity index (χ2n) is 4.08. The fourth-order valence-electron chi connectivity index (χ4n) is 1.56. The molecule has 0 aliphatic carbocycles. The van der Waals surface area contributed by atoms with Gasteiger partial charge in [0.2, 0.25) is 0 Å². The molecule has 0 fully saturated rings. The number of phenols is 1. The maximum atomic E-state index is 12.7. The molecule has 21 heavy (non-hydrogen) atoms. The predicted molar refractivity (Wildman–Crippen MR) is 76.9 cm³/mol. The monoisotopic (exact) mass is 353 g/mol. The number of thioether (sulfide) groups is 1. The SMILES string of the molecule is Oc1cc(SCc2c(Cl)cncc2Cl)cc(C(F)(F)F)c1. The summed E-state index contributed by atoms with van der Waals surface area (Å²) >= 11 is 13.0. The van der Waals surface area contributed by atoms with Gasteiger partial charge >= 0.3 is 6.18 Å². The number of phenolic OH excluding ortho intramolecular Hbond substituents is 1. The van der Waals surface area contributed by atoms with E-state index < -0.39 is 17.5 Å². The van der Waals surface area contributed by atoms with Crippen LogP contribution in [0.25, 0.3) is 0 Å². The average molecular weight is 354 g/mol. The molecule has 8 heteroatoms. The summed E-state index contributed by atoms with van der Waals surface area (Å²) in [5.41, 5.74) is -0.327. The number of aromatic hydroxyl groups is 1. The molecule has 2 aromatic rings. The van der Waals surface area contributed by atoms with Gasteiger partial charge in [0.1, 0.15) is 5.75 Å². The molecule has 0 radical (unpaired) electrons. The summed E-state index contributed by atoms with van der Waals surface area (Å²) in [6, 6.07) is 2.90. The van der Waals surface area contributed by atoms with Crippen molar-refractivity contribution in [2.75, 3.05) is 0 Å². The Morgan fingerprint density at radius 2 is 1.71 bits per heavy atom. The molecule has 0 amide bonds. The molecule has 1 aromatic heterocycles. The van der Waals surface area contributed by atoms with E-state index in [0.717, 1.165) is 17.8 Å². The van der Waals surface area contributed by atoms with Gasteiger partial charge in [0.25, 0.3) is 0 Å². The number of pyridine rings is 1. The number of rotatable bonds is 3. The molecule has 1 N–H and O–H groups in total. The van der Waals surface area contributed by atoms with Crippen LogP contribution in [0, 0.1) is 0 Å². The van der Waals surface area contributed by atoms with Crippen molar-refractivity contribution >= 4 is 35.0 Å². The second-order valence-corrected chi connectivity index (χ2v) is 5.95. The molecule has 1 aromatic carbocycles. The quantitative estimate of drug-likeness (QED) is 0.749. The predicted octanol–water partition coefficient (Wildman–Crippen LogP) is 5.41. The number of halogens is 5. The maximum absolute atomic E-state index is 12.7. The van der Waals surface area contributed by atoms with E-state index in [-0.39, 0.29) is 10.6 Å². The Kier molecular flexibility index (Phi) is 4.91. The highest BCUT2D eigenvalue weighted by Crippen LogP contribution is 2.37. The zero-order valence-electron chi connectivity index (χ0n) is 10.3. The first-order valence-corrected chi connectivity index (χ1v) is 7.33. The Bertz CT molecular complexity index is 644. The molecular weight excluding hydrogens is 346 g/mol. The molecule has 1 heterocycles. The van der Waals surface area contributed by atoms with Crippen LogP contribution in [-0.4, -0.2) is 10.1 Å². The number of nitrogens with zero attached hydrogens (tertiary/aromatic N) is 1. The fourth-order valence-corrected chi connectivity index (χ4v) is 3.25. The zero-order valence-corrected chi connectivity index (χ0v) is 12.6. The summed E-state index contributed by atoms with van der Waals surface area (Å²) < 4.78 is 38.0. The number of hydrogen-bond acceptors (Lipinski definition) is 3. The normalized spacial score (nSPS) is 11.7. The number of benzene rings is 1. The van der Waals surface area contributed by atoms with Crippen LogP contribution in [0.5, 0.6) is 5.75 Å². The van der Waals surface area contributed by atoms with Gasteiger partial charge in [0, 0.05) is 28.6 Å². The van der Waals surface area contributed by atoms with Crippen molar-refractivity contribution in [1.82, 2.24) is 4.98 Å². The van der Waals surface area contributed by atoms with E-state index in [1.54, 1.807) is 0 Å². The maximum Gasteiger partial charge on any atom is 0.416 e. The van der Waals surface area contributed by atoms with Crippen LogP contribution >= 0.6 is 35.0 Å². The fraction of sp³-hybridized carbons (Fsp3) is 0.154. The number of hydrogen-bond donors (Lipinski definition) is 1. The molecule has 0 saturated heterocycles. The molecule has 0 aliphatic rings. The highest BCUT2D eigenvalue weighted by Gasteiger charge is 2.31. The van der Waals surface area contributed by atoms with Crippen LogP contribution in [0.3, 0.4) is 0 Å². The third-order valence-corrected chi connectivity index (χ3v) is 4.21. The smallest absolute Gasteiger partial charge is 0.416 e. The van der Waals surface area contributed by atoms with Gasteiger partial charge in [-0.3, -0.25) is 4.98 Å². The van der Waals surface area contributed by atoms with Gasteiger partial charge in [-0.2, -0.15) is 13.2 Å². The molecular formula is C13H8Cl2F3NOS. The van der Waals surface area contributed by atoms with Crippen molar-refractivity contribution in [1.29, 1.82) is 0 Å². The average Bonchev–Trinajstić information content (AvgIpc) is 2.36. The lowest BCUT2D eigenvalue weighted by Crippen LogP contribution is -2.04. The van der Waals surface area contributed by atoms with Gasteiger partial charge < -0.3 is 5.11 Å². The first kappa shape index (κ1) is 16.3. The van der Waals surface area contributed by atoms with Gasteiger partial charge in [0.15, 0.2) is 0 Å². The minimum atomic E-state index is -4.51. The van der Waals surface area contributed by atoms with E-state index in [0.29, 0.717) is 21.7 Å². The minimum absolute atomic E-state index is 0.265. The van der Waals surface area contributed by atoms with Crippen LogP contribution in [-0.2, 0) is 11.9 Å². The lowest BCUT2D eigenvalue weighted by molar-refractivity contribution is -0.137. The Morgan fingerprint density at radius 3 is 2.29 bits per heavy atom. The molecule has 0 bridgehead atoms. The van der Waals surface area contributed by atoms with Crippen molar-refractivity contribution in [2.45, 2.75) is 16.8 Å². The van der Waals surface area contributed by atoms with Crippen molar-refractivity contribution in [3.05, 3.63) is 51.8 Å². The summed E-state index contributed by atoms with van der Waals surface area (Å²) in [5, 5.41) is 10.1. The van der Waals surface area contributed by atoms with E-state index in [4.69, 9.17) is 23.2 Å². The zero-order chi connectivity index (χ0) is 15.6. The standard InChI is InChI=1S/C13H8Cl2F3NOS/c14-11-4-19-5-12(15)10(11)6-21-9-2-7(13(16,17)18)1-8(20)3-9/h1-5,20H,6H2. The molecule has 0 spiro atoms. The highest BCUT2D eigenvalue weighted by molar-refractivity contribution is 7.98. The molecule has 2 nitrogen and oxygen atoms in total. The van der Waals surface area contributed by atoms with E-state index in [2.05, 4.69) is 4.98 Å². The molecule has 112 valence electrons. The Balaban J connectivity index is 2.23.